The molecule has 3 aromatic rings. The minimum atomic E-state index is -0.238. The van der Waals surface area contributed by atoms with Gasteiger partial charge in [0.05, 0.1) is 0 Å². The first kappa shape index (κ1) is 16.0. The summed E-state index contributed by atoms with van der Waals surface area (Å²) in [5.41, 5.74) is 5.97. The van der Waals surface area contributed by atoms with Crippen molar-refractivity contribution in [3.05, 3.63) is 76.9 Å². The maximum absolute atomic E-state index is 12.6. The van der Waals surface area contributed by atoms with Gasteiger partial charge in [-0.15, -0.1) is 0 Å². The highest BCUT2D eigenvalue weighted by Gasteiger charge is 2.30. The monoisotopic (exact) mass is 353 g/mol. The van der Waals surface area contributed by atoms with Crippen LogP contribution in [0.15, 0.2) is 54.6 Å². The van der Waals surface area contributed by atoms with Crippen LogP contribution >= 0.6 is 0 Å². The Morgan fingerprint density at radius 3 is 2.48 bits per heavy atom. The zero-order chi connectivity index (χ0) is 18.7. The van der Waals surface area contributed by atoms with Gasteiger partial charge >= 0.3 is 0 Å². The van der Waals surface area contributed by atoms with Crippen molar-refractivity contribution >= 4 is 28.7 Å². The summed E-state index contributed by atoms with van der Waals surface area (Å²) in [5, 5.41) is 1.72. The molecule has 2 aliphatic rings. The van der Waals surface area contributed by atoms with E-state index in [4.69, 9.17) is 0 Å². The summed E-state index contributed by atoms with van der Waals surface area (Å²) in [6.45, 7) is 2.25. The molecule has 1 heterocycles. The van der Waals surface area contributed by atoms with E-state index in [1.54, 1.807) is 6.07 Å². The van der Waals surface area contributed by atoms with E-state index < -0.39 is 0 Å². The zero-order valence-corrected chi connectivity index (χ0v) is 15.3. The molecule has 5 rings (SSSR count). The molecule has 132 valence electrons. The Morgan fingerprint density at radius 2 is 1.67 bits per heavy atom. The maximum Gasteiger partial charge on any atom is 0.261 e. The van der Waals surface area contributed by atoms with Gasteiger partial charge in [-0.25, -0.2) is 0 Å². The quantitative estimate of drug-likeness (QED) is 0.560. The first-order chi connectivity index (χ1) is 13.1. The van der Waals surface area contributed by atoms with Gasteiger partial charge in [-0.05, 0) is 58.2 Å². The molecule has 3 aromatic carbocycles. The summed E-state index contributed by atoms with van der Waals surface area (Å²) >= 11 is 0. The van der Waals surface area contributed by atoms with Gasteiger partial charge in [0.25, 0.3) is 11.8 Å². The fourth-order valence-electron chi connectivity index (χ4n) is 4.33. The van der Waals surface area contributed by atoms with Crippen LogP contribution in [-0.2, 0) is 0 Å². The molecule has 3 heteroatoms. The van der Waals surface area contributed by atoms with E-state index in [0.29, 0.717) is 17.0 Å². The zero-order valence-electron chi connectivity index (χ0n) is 15.3. The number of imide groups is 1. The minimum Gasteiger partial charge on any atom is -0.277 e. The molecular weight excluding hydrogens is 334 g/mol. The van der Waals surface area contributed by atoms with E-state index in [2.05, 4.69) is 37.3 Å². The number of rotatable bonds is 1. The molecule has 1 unspecified atom stereocenters. The van der Waals surface area contributed by atoms with Gasteiger partial charge in [-0.2, -0.15) is 0 Å². The molecular formula is C24H19NO2. The summed E-state index contributed by atoms with van der Waals surface area (Å²) in [6.07, 6.45) is 5.48. The molecule has 0 radical (unpaired) electrons. The molecule has 0 saturated heterocycles. The molecule has 0 N–H and O–H groups in total. The number of fused-ring (bicyclic) bond motifs is 1. The van der Waals surface area contributed by atoms with Crippen LogP contribution in [0.3, 0.4) is 0 Å². The maximum atomic E-state index is 12.6. The number of carbonyl (C=O) groups excluding carboxylic acids is 2. The summed E-state index contributed by atoms with van der Waals surface area (Å²) in [5.74, 6) is 0.0519. The largest absolute Gasteiger partial charge is 0.277 e. The second-order valence-electron chi connectivity index (χ2n) is 7.44. The van der Waals surface area contributed by atoms with E-state index in [9.17, 15) is 9.59 Å². The molecule has 0 fully saturated rings. The Hall–Kier alpha value is -3.20. The van der Waals surface area contributed by atoms with Crippen LogP contribution in [0.4, 0.5) is 0 Å². The van der Waals surface area contributed by atoms with Crippen molar-refractivity contribution in [1.82, 2.24) is 4.90 Å². The lowest BCUT2D eigenvalue weighted by Crippen LogP contribution is -2.36. The Bertz CT molecular complexity index is 1150. The van der Waals surface area contributed by atoms with Crippen molar-refractivity contribution in [3.63, 3.8) is 0 Å². The summed E-state index contributed by atoms with van der Waals surface area (Å²) in [7, 11) is 1.54. The first-order valence-electron chi connectivity index (χ1n) is 9.25. The minimum absolute atomic E-state index is 0.238. The van der Waals surface area contributed by atoms with E-state index >= 15 is 0 Å². The van der Waals surface area contributed by atoms with Crippen molar-refractivity contribution in [3.8, 4) is 11.1 Å². The molecule has 0 aromatic heterocycles. The molecule has 27 heavy (non-hydrogen) atoms. The Kier molecular flexibility index (Phi) is 3.35. The lowest BCUT2D eigenvalue weighted by atomic mass is 9.85. The van der Waals surface area contributed by atoms with Gasteiger partial charge in [-0.3, -0.25) is 14.5 Å². The standard InChI is InChI=1S/C24H19NO2/c1-14-5-3-6-15-13-16(9-10-17(14)15)18-11-12-21-22-19(18)7-4-8-20(22)23(26)25(2)24(21)27/h3-4,6-14H,5H2,1-2H3. The number of amides is 2. The van der Waals surface area contributed by atoms with Gasteiger partial charge in [0.15, 0.2) is 0 Å². The third-order valence-electron chi connectivity index (χ3n) is 5.83. The van der Waals surface area contributed by atoms with E-state index in [1.807, 2.05) is 24.3 Å². The van der Waals surface area contributed by atoms with Crippen molar-refractivity contribution in [2.45, 2.75) is 19.3 Å². The van der Waals surface area contributed by atoms with Crippen molar-refractivity contribution in [2.75, 3.05) is 7.05 Å². The summed E-state index contributed by atoms with van der Waals surface area (Å²) < 4.78 is 0. The van der Waals surface area contributed by atoms with Crippen LogP contribution in [-0.4, -0.2) is 23.8 Å². The van der Waals surface area contributed by atoms with Gasteiger partial charge < -0.3 is 0 Å². The molecule has 0 spiro atoms. The molecule has 1 aliphatic carbocycles. The number of hydrogen-bond donors (Lipinski definition) is 0. The highest BCUT2D eigenvalue weighted by molar-refractivity contribution is 6.26. The molecule has 1 atom stereocenters. The van der Waals surface area contributed by atoms with E-state index in [-0.39, 0.29) is 11.8 Å². The molecule has 0 bridgehead atoms. The van der Waals surface area contributed by atoms with Crippen LogP contribution in [0, 0.1) is 0 Å². The Labute approximate surface area is 157 Å². The number of benzene rings is 3. The van der Waals surface area contributed by atoms with Crippen molar-refractivity contribution < 1.29 is 9.59 Å². The predicted octanol–water partition coefficient (Wildman–Crippen LogP) is 5.25. The molecule has 1 aliphatic heterocycles. The van der Waals surface area contributed by atoms with Gasteiger partial charge in [0, 0.05) is 23.6 Å². The SMILES string of the molecule is CC1CC=Cc2cc(-c3ccc4c5c(cccc35)C(=O)N(C)C4=O)ccc21. The lowest BCUT2D eigenvalue weighted by Gasteiger charge is -2.25. The van der Waals surface area contributed by atoms with E-state index in [0.717, 1.165) is 28.3 Å². The smallest absolute Gasteiger partial charge is 0.261 e. The Balaban J connectivity index is 1.77. The normalized spacial score (nSPS) is 18.1. The van der Waals surface area contributed by atoms with Crippen LogP contribution in [0.1, 0.15) is 51.1 Å². The van der Waals surface area contributed by atoms with Gasteiger partial charge in [0.1, 0.15) is 0 Å². The number of nitrogens with zero attached hydrogens (tertiary/aromatic N) is 1. The molecule has 3 nitrogen and oxygen atoms in total. The lowest BCUT2D eigenvalue weighted by molar-refractivity contribution is 0.0650. The molecule has 2 amide bonds. The average Bonchev–Trinajstić information content (AvgIpc) is 2.70. The average molecular weight is 353 g/mol. The third-order valence-corrected chi connectivity index (χ3v) is 5.83. The number of hydrogen-bond acceptors (Lipinski definition) is 2. The van der Waals surface area contributed by atoms with Crippen LogP contribution < -0.4 is 0 Å². The summed E-state index contributed by atoms with van der Waals surface area (Å²) in [4.78, 5) is 26.4. The van der Waals surface area contributed by atoms with Crippen molar-refractivity contribution in [2.24, 2.45) is 0 Å². The molecule has 0 saturated carbocycles. The number of carbonyl (C=O) groups is 2. The third kappa shape index (κ3) is 2.21. The van der Waals surface area contributed by atoms with Crippen molar-refractivity contribution in [1.29, 1.82) is 0 Å². The fourth-order valence-corrected chi connectivity index (χ4v) is 4.33. The van der Waals surface area contributed by atoms with Gasteiger partial charge in [-0.1, -0.05) is 49.4 Å². The van der Waals surface area contributed by atoms with Gasteiger partial charge in [0.2, 0.25) is 0 Å². The Morgan fingerprint density at radius 1 is 0.926 bits per heavy atom. The summed E-state index contributed by atoms with van der Waals surface area (Å²) in [6, 6.07) is 16.1. The van der Waals surface area contributed by atoms with Crippen LogP contribution in [0.5, 0.6) is 0 Å². The highest BCUT2D eigenvalue weighted by Crippen LogP contribution is 2.38. The van der Waals surface area contributed by atoms with Crippen LogP contribution in [0.2, 0.25) is 0 Å². The fraction of sp³-hybridized carbons (Fsp3) is 0.167. The predicted molar refractivity (Wildman–Crippen MR) is 108 cm³/mol. The van der Waals surface area contributed by atoms with Crippen LogP contribution in [0.25, 0.3) is 28.0 Å². The number of allylic oxidation sites excluding steroid dienone is 1. The first-order valence-corrected chi connectivity index (χ1v) is 9.25. The van der Waals surface area contributed by atoms with E-state index in [1.165, 1.54) is 23.1 Å². The highest BCUT2D eigenvalue weighted by atomic mass is 16.2. The topological polar surface area (TPSA) is 37.4 Å². The second kappa shape index (κ2) is 5.65. The second-order valence-corrected chi connectivity index (χ2v) is 7.44.